The number of ether oxygens (including phenoxy) is 1. The Bertz CT molecular complexity index is 723. The summed E-state index contributed by atoms with van der Waals surface area (Å²) < 4.78 is 32.2. The van der Waals surface area contributed by atoms with Gasteiger partial charge in [0.1, 0.15) is 5.75 Å². The quantitative estimate of drug-likeness (QED) is 0.692. The van der Waals surface area contributed by atoms with E-state index in [1.54, 1.807) is 23.7 Å². The number of rotatable bonds is 6. The van der Waals surface area contributed by atoms with Gasteiger partial charge in [-0.25, -0.2) is 0 Å². The van der Waals surface area contributed by atoms with Crippen LogP contribution in [0.2, 0.25) is 0 Å². The van der Waals surface area contributed by atoms with E-state index in [1.165, 1.54) is 6.07 Å². The third-order valence-corrected chi connectivity index (χ3v) is 4.04. The van der Waals surface area contributed by atoms with Crippen LogP contribution in [0, 0.1) is 6.92 Å². The lowest BCUT2D eigenvalue weighted by Crippen LogP contribution is -2.28. The van der Waals surface area contributed by atoms with E-state index in [9.17, 15) is 8.78 Å². The lowest BCUT2D eigenvalue weighted by atomic mass is 10.2. The SMILES string of the molecule is CCn1cc(Br)c(CNC(=S)Nc2ccc(C)cc2OC(F)F)n1. The van der Waals surface area contributed by atoms with Gasteiger partial charge in [-0.05, 0) is 59.7 Å². The first kappa shape index (κ1) is 18.6. The van der Waals surface area contributed by atoms with Gasteiger partial charge in [0, 0.05) is 12.7 Å². The van der Waals surface area contributed by atoms with Crippen molar-refractivity contribution >= 4 is 38.9 Å². The number of benzene rings is 1. The zero-order valence-corrected chi connectivity index (χ0v) is 15.5. The molecule has 0 saturated heterocycles. The van der Waals surface area contributed by atoms with E-state index in [0.29, 0.717) is 12.2 Å². The normalized spacial score (nSPS) is 10.8. The van der Waals surface area contributed by atoms with Gasteiger partial charge in [0.05, 0.1) is 22.4 Å². The molecule has 130 valence electrons. The molecule has 2 rings (SSSR count). The maximum atomic E-state index is 12.5. The Morgan fingerprint density at radius 2 is 2.21 bits per heavy atom. The van der Waals surface area contributed by atoms with Crippen molar-refractivity contribution in [3.8, 4) is 5.75 Å². The van der Waals surface area contributed by atoms with E-state index in [2.05, 4.69) is 36.4 Å². The van der Waals surface area contributed by atoms with Gasteiger partial charge >= 0.3 is 6.61 Å². The molecule has 1 heterocycles. The molecule has 0 amide bonds. The zero-order chi connectivity index (χ0) is 17.7. The fourth-order valence-electron chi connectivity index (χ4n) is 1.98. The van der Waals surface area contributed by atoms with Gasteiger partial charge in [0.2, 0.25) is 0 Å². The van der Waals surface area contributed by atoms with E-state index in [4.69, 9.17) is 12.2 Å². The lowest BCUT2D eigenvalue weighted by Gasteiger charge is -2.14. The first-order chi connectivity index (χ1) is 11.4. The Balaban J connectivity index is 2.00. The molecule has 0 aliphatic rings. The van der Waals surface area contributed by atoms with E-state index in [-0.39, 0.29) is 10.9 Å². The average Bonchev–Trinajstić information content (AvgIpc) is 2.88. The minimum Gasteiger partial charge on any atom is -0.433 e. The lowest BCUT2D eigenvalue weighted by molar-refractivity contribution is -0.0493. The highest BCUT2D eigenvalue weighted by Crippen LogP contribution is 2.27. The molecule has 5 nitrogen and oxygen atoms in total. The Morgan fingerprint density at radius 3 is 2.83 bits per heavy atom. The van der Waals surface area contributed by atoms with Crippen molar-refractivity contribution in [1.82, 2.24) is 15.1 Å². The molecule has 2 aromatic rings. The number of nitrogens with one attached hydrogen (secondary N) is 2. The molecule has 9 heteroatoms. The Kier molecular flexibility index (Phi) is 6.50. The molecule has 0 saturated carbocycles. The van der Waals surface area contributed by atoms with Crippen LogP contribution >= 0.6 is 28.1 Å². The molecule has 0 aliphatic carbocycles. The average molecular weight is 419 g/mol. The summed E-state index contributed by atoms with van der Waals surface area (Å²) in [5, 5.41) is 10.5. The zero-order valence-electron chi connectivity index (χ0n) is 13.1. The topological polar surface area (TPSA) is 51.1 Å². The monoisotopic (exact) mass is 418 g/mol. The number of hydrogen-bond acceptors (Lipinski definition) is 3. The molecule has 24 heavy (non-hydrogen) atoms. The Labute approximate surface area is 152 Å². The molecule has 0 spiro atoms. The smallest absolute Gasteiger partial charge is 0.387 e. The predicted molar refractivity (Wildman–Crippen MR) is 96.5 cm³/mol. The van der Waals surface area contributed by atoms with Crippen LogP contribution in [-0.2, 0) is 13.1 Å². The van der Waals surface area contributed by atoms with Crippen LogP contribution in [0.1, 0.15) is 18.2 Å². The van der Waals surface area contributed by atoms with Crippen molar-refractivity contribution in [2.75, 3.05) is 5.32 Å². The van der Waals surface area contributed by atoms with Crippen LogP contribution < -0.4 is 15.4 Å². The van der Waals surface area contributed by atoms with Crippen molar-refractivity contribution < 1.29 is 13.5 Å². The third kappa shape index (κ3) is 5.13. The van der Waals surface area contributed by atoms with E-state index < -0.39 is 6.61 Å². The number of alkyl halides is 2. The Morgan fingerprint density at radius 1 is 1.46 bits per heavy atom. The maximum Gasteiger partial charge on any atom is 0.387 e. The second-order valence-electron chi connectivity index (χ2n) is 4.97. The predicted octanol–water partition coefficient (Wildman–Crippen LogP) is 4.06. The highest BCUT2D eigenvalue weighted by molar-refractivity contribution is 9.10. The van der Waals surface area contributed by atoms with Crippen LogP contribution in [0.15, 0.2) is 28.9 Å². The summed E-state index contributed by atoms with van der Waals surface area (Å²) in [6.07, 6.45) is 1.88. The number of hydrogen-bond donors (Lipinski definition) is 2. The van der Waals surface area contributed by atoms with Crippen molar-refractivity contribution in [3.63, 3.8) is 0 Å². The van der Waals surface area contributed by atoms with Gasteiger partial charge in [-0.2, -0.15) is 13.9 Å². The molecule has 0 aliphatic heterocycles. The number of aromatic nitrogens is 2. The number of nitrogens with zero attached hydrogens (tertiary/aromatic N) is 2. The first-order valence-corrected chi connectivity index (χ1v) is 8.41. The molecule has 1 aromatic carbocycles. The van der Waals surface area contributed by atoms with Crippen molar-refractivity contribution in [2.45, 2.75) is 33.5 Å². The van der Waals surface area contributed by atoms with Crippen molar-refractivity contribution in [1.29, 1.82) is 0 Å². The molecule has 0 fully saturated rings. The van der Waals surface area contributed by atoms with Crippen LogP contribution in [0.3, 0.4) is 0 Å². The summed E-state index contributed by atoms with van der Waals surface area (Å²) >= 11 is 8.64. The van der Waals surface area contributed by atoms with Gasteiger partial charge < -0.3 is 15.4 Å². The van der Waals surface area contributed by atoms with Crippen LogP contribution in [0.25, 0.3) is 0 Å². The largest absolute Gasteiger partial charge is 0.433 e. The number of halogens is 3. The minimum absolute atomic E-state index is 0.0468. The molecule has 0 atom stereocenters. The summed E-state index contributed by atoms with van der Waals surface area (Å²) in [5.41, 5.74) is 1.98. The van der Waals surface area contributed by atoms with E-state index in [0.717, 1.165) is 22.3 Å². The van der Waals surface area contributed by atoms with Gasteiger partial charge in [-0.15, -0.1) is 0 Å². The second kappa shape index (κ2) is 8.39. The van der Waals surface area contributed by atoms with E-state index in [1.807, 2.05) is 13.1 Å². The molecular formula is C15H17BrF2N4OS. The van der Waals surface area contributed by atoms with Crippen LogP contribution in [0.4, 0.5) is 14.5 Å². The summed E-state index contributed by atoms with van der Waals surface area (Å²) in [5.74, 6) is 0.0468. The van der Waals surface area contributed by atoms with Gasteiger partial charge in [-0.1, -0.05) is 6.07 Å². The standard InChI is InChI=1S/C15H17BrF2N4OS/c1-3-22-8-10(16)12(21-22)7-19-15(24)20-11-5-4-9(2)6-13(11)23-14(17)18/h4-6,8,14H,3,7H2,1-2H3,(H2,19,20,24). The van der Waals surface area contributed by atoms with Crippen molar-refractivity contribution in [2.24, 2.45) is 0 Å². The third-order valence-electron chi connectivity index (χ3n) is 3.13. The first-order valence-electron chi connectivity index (χ1n) is 7.21. The van der Waals surface area contributed by atoms with E-state index >= 15 is 0 Å². The maximum absolute atomic E-state index is 12.5. The molecule has 0 bridgehead atoms. The highest BCUT2D eigenvalue weighted by Gasteiger charge is 2.12. The molecule has 1 aromatic heterocycles. The summed E-state index contributed by atoms with van der Waals surface area (Å²) in [6.45, 7) is 2.04. The van der Waals surface area contributed by atoms with Gasteiger partial charge in [0.25, 0.3) is 0 Å². The fourth-order valence-corrected chi connectivity index (χ4v) is 2.61. The Hall–Kier alpha value is -1.74. The molecular weight excluding hydrogens is 402 g/mol. The molecule has 0 radical (unpaired) electrons. The fraction of sp³-hybridized carbons (Fsp3) is 0.333. The van der Waals surface area contributed by atoms with Gasteiger partial charge in [-0.3, -0.25) is 4.68 Å². The van der Waals surface area contributed by atoms with Crippen LogP contribution in [-0.4, -0.2) is 21.5 Å². The number of anilines is 1. The molecule has 0 unspecified atom stereocenters. The highest BCUT2D eigenvalue weighted by atomic mass is 79.9. The minimum atomic E-state index is -2.90. The second-order valence-corrected chi connectivity index (χ2v) is 6.23. The number of aryl methyl sites for hydroxylation is 2. The van der Waals surface area contributed by atoms with Gasteiger partial charge in [0.15, 0.2) is 5.11 Å². The van der Waals surface area contributed by atoms with Crippen molar-refractivity contribution in [3.05, 3.63) is 40.1 Å². The van der Waals surface area contributed by atoms with Crippen LogP contribution in [0.5, 0.6) is 5.75 Å². The number of thiocarbonyl (C=S) groups is 1. The molecule has 2 N–H and O–H groups in total. The summed E-state index contributed by atoms with van der Waals surface area (Å²) in [6, 6.07) is 4.95. The summed E-state index contributed by atoms with van der Waals surface area (Å²) in [7, 11) is 0. The summed E-state index contributed by atoms with van der Waals surface area (Å²) in [4.78, 5) is 0.